The number of aryl methyl sites for hydroxylation is 1. The number of halogens is 1. The van der Waals surface area contributed by atoms with Gasteiger partial charge in [0, 0.05) is 18.8 Å². The quantitative estimate of drug-likeness (QED) is 0.317. The molecule has 1 aliphatic heterocycles. The van der Waals surface area contributed by atoms with Gasteiger partial charge >= 0.3 is 11.9 Å². The fourth-order valence-corrected chi connectivity index (χ4v) is 4.18. The monoisotopic (exact) mass is 488 g/mol. The number of carbonyl (C=O) groups excluding carboxylic acids is 4. The van der Waals surface area contributed by atoms with Crippen LogP contribution in [0.5, 0.6) is 0 Å². The van der Waals surface area contributed by atoms with Gasteiger partial charge in [-0.05, 0) is 42.5 Å². The molecule has 36 heavy (non-hydrogen) atoms. The number of aromatic nitrogens is 3. The van der Waals surface area contributed by atoms with E-state index in [1.807, 2.05) is 0 Å². The number of hydrogen-bond donors (Lipinski definition) is 0. The fraction of sp³-hybridized carbons (Fsp3) is 0.120. The van der Waals surface area contributed by atoms with Crippen LogP contribution >= 0.6 is 0 Å². The number of carbonyl (C=O) groups is 4. The minimum atomic E-state index is -0.770. The van der Waals surface area contributed by atoms with Crippen LogP contribution in [0.1, 0.15) is 41.4 Å². The van der Waals surface area contributed by atoms with Crippen molar-refractivity contribution in [1.29, 1.82) is 0 Å². The molecule has 2 aromatic heterocycles. The third-order valence-corrected chi connectivity index (χ3v) is 5.84. The molecule has 180 valence electrons. The molecule has 0 spiro atoms. The van der Waals surface area contributed by atoms with Gasteiger partial charge < -0.3 is 9.47 Å². The molecule has 1 aliphatic rings. The van der Waals surface area contributed by atoms with Crippen LogP contribution in [0.25, 0.3) is 22.3 Å². The molecule has 2 amide bonds. The SMILES string of the molecule is COC(=O)c1cc(C(=O)OC)cc(N2C(=O)c3cnc4c(c(-c5ccc(F)cc5)nn4C)c3C2=O)c1. The number of anilines is 1. The minimum absolute atomic E-state index is 0.0203. The molecular weight excluding hydrogens is 471 g/mol. The van der Waals surface area contributed by atoms with E-state index in [2.05, 4.69) is 10.1 Å². The van der Waals surface area contributed by atoms with Gasteiger partial charge in [0.2, 0.25) is 0 Å². The van der Waals surface area contributed by atoms with Crippen LogP contribution in [0.3, 0.4) is 0 Å². The van der Waals surface area contributed by atoms with E-state index in [0.29, 0.717) is 22.3 Å². The van der Waals surface area contributed by atoms with Crippen molar-refractivity contribution >= 4 is 40.5 Å². The second-order valence-electron chi connectivity index (χ2n) is 7.92. The van der Waals surface area contributed by atoms with E-state index < -0.39 is 29.6 Å². The summed E-state index contributed by atoms with van der Waals surface area (Å²) in [6.07, 6.45) is 1.28. The summed E-state index contributed by atoms with van der Waals surface area (Å²) >= 11 is 0. The average molecular weight is 488 g/mol. The van der Waals surface area contributed by atoms with Crippen molar-refractivity contribution in [3.05, 3.63) is 76.7 Å². The first-order valence-electron chi connectivity index (χ1n) is 10.6. The van der Waals surface area contributed by atoms with E-state index in [9.17, 15) is 23.6 Å². The first kappa shape index (κ1) is 22.8. The molecule has 0 radical (unpaired) electrons. The van der Waals surface area contributed by atoms with Gasteiger partial charge in [0.25, 0.3) is 11.8 Å². The Bertz CT molecular complexity index is 1580. The largest absolute Gasteiger partial charge is 0.465 e. The van der Waals surface area contributed by atoms with Gasteiger partial charge in [0.05, 0.1) is 47.5 Å². The predicted molar refractivity (Wildman–Crippen MR) is 124 cm³/mol. The van der Waals surface area contributed by atoms with Gasteiger partial charge in [-0.1, -0.05) is 0 Å². The van der Waals surface area contributed by atoms with Crippen LogP contribution in [0, 0.1) is 5.82 Å². The van der Waals surface area contributed by atoms with Crippen molar-refractivity contribution in [2.24, 2.45) is 7.05 Å². The normalized spacial score (nSPS) is 12.7. The molecule has 3 heterocycles. The minimum Gasteiger partial charge on any atom is -0.465 e. The molecular formula is C25H17FN4O6. The first-order chi connectivity index (χ1) is 17.2. The molecule has 5 rings (SSSR count). The summed E-state index contributed by atoms with van der Waals surface area (Å²) in [4.78, 5) is 56.7. The number of rotatable bonds is 4. The lowest BCUT2D eigenvalue weighted by Gasteiger charge is -2.16. The van der Waals surface area contributed by atoms with Crippen molar-refractivity contribution < 1.29 is 33.0 Å². The van der Waals surface area contributed by atoms with Crippen molar-refractivity contribution in [2.75, 3.05) is 19.1 Å². The third kappa shape index (κ3) is 3.40. The number of hydrogen-bond acceptors (Lipinski definition) is 8. The zero-order chi connectivity index (χ0) is 25.7. The van der Waals surface area contributed by atoms with E-state index in [4.69, 9.17) is 9.47 Å². The number of amides is 2. The van der Waals surface area contributed by atoms with Crippen molar-refractivity contribution in [3.8, 4) is 11.3 Å². The zero-order valence-electron chi connectivity index (χ0n) is 19.2. The summed E-state index contributed by atoms with van der Waals surface area (Å²) in [5.74, 6) is -3.37. The summed E-state index contributed by atoms with van der Waals surface area (Å²) in [5, 5.41) is 4.77. The molecule has 0 unspecified atom stereocenters. The summed E-state index contributed by atoms with van der Waals surface area (Å²) in [7, 11) is 3.96. The molecule has 0 N–H and O–H groups in total. The maximum Gasteiger partial charge on any atom is 0.337 e. The van der Waals surface area contributed by atoms with E-state index in [1.165, 1.54) is 53.3 Å². The van der Waals surface area contributed by atoms with Crippen LogP contribution in [-0.4, -0.2) is 52.7 Å². The molecule has 0 saturated heterocycles. The Kier molecular flexibility index (Phi) is 5.32. The summed E-state index contributed by atoms with van der Waals surface area (Å²) in [5.41, 5.74) is 1.16. The first-order valence-corrected chi connectivity index (χ1v) is 10.6. The highest BCUT2D eigenvalue weighted by molar-refractivity contribution is 6.38. The van der Waals surface area contributed by atoms with Crippen LogP contribution in [0.15, 0.2) is 48.7 Å². The predicted octanol–water partition coefficient (Wildman–Crippen LogP) is 3.15. The number of esters is 2. The number of benzene rings is 2. The Balaban J connectivity index is 1.71. The van der Waals surface area contributed by atoms with Gasteiger partial charge in [-0.15, -0.1) is 0 Å². The van der Waals surface area contributed by atoms with Gasteiger partial charge in [0.1, 0.15) is 11.5 Å². The lowest BCUT2D eigenvalue weighted by molar-refractivity contribution is 0.0597. The molecule has 0 bridgehead atoms. The standard InChI is InChI=1S/C25H17FN4O6/c1-29-21-19(20(28-29)12-4-6-15(26)7-5-12)18-17(11-27-21)22(31)30(23(18)32)16-9-13(24(33)35-2)8-14(10-16)25(34)36-3/h4-11H,1-3H3. The van der Waals surface area contributed by atoms with E-state index in [0.717, 1.165) is 19.1 Å². The highest BCUT2D eigenvalue weighted by Crippen LogP contribution is 2.37. The topological polar surface area (TPSA) is 121 Å². The van der Waals surface area contributed by atoms with Crippen LogP contribution in [0.4, 0.5) is 10.1 Å². The number of nitrogens with zero attached hydrogens (tertiary/aromatic N) is 4. The van der Waals surface area contributed by atoms with Gasteiger partial charge in [-0.3, -0.25) is 9.59 Å². The lowest BCUT2D eigenvalue weighted by atomic mass is 10.0. The maximum atomic E-state index is 13.7. The van der Waals surface area contributed by atoms with Crippen molar-refractivity contribution in [3.63, 3.8) is 0 Å². The molecule has 11 heteroatoms. The molecule has 0 saturated carbocycles. The van der Waals surface area contributed by atoms with Crippen LogP contribution < -0.4 is 4.90 Å². The molecule has 2 aromatic carbocycles. The number of fused-ring (bicyclic) bond motifs is 3. The Morgan fingerprint density at radius 1 is 0.917 bits per heavy atom. The Labute approximate surface area is 202 Å². The van der Waals surface area contributed by atoms with Gasteiger partial charge in [0.15, 0.2) is 5.65 Å². The highest BCUT2D eigenvalue weighted by atomic mass is 19.1. The lowest BCUT2D eigenvalue weighted by Crippen LogP contribution is -2.30. The molecule has 0 aliphatic carbocycles. The summed E-state index contributed by atoms with van der Waals surface area (Å²) in [6.45, 7) is 0. The van der Waals surface area contributed by atoms with Crippen molar-refractivity contribution in [1.82, 2.24) is 14.8 Å². The zero-order valence-corrected chi connectivity index (χ0v) is 19.2. The second kappa shape index (κ2) is 8.38. The molecule has 0 fully saturated rings. The Hall–Kier alpha value is -4.93. The van der Waals surface area contributed by atoms with E-state index in [1.54, 1.807) is 7.05 Å². The molecule has 4 aromatic rings. The fourth-order valence-electron chi connectivity index (χ4n) is 4.18. The average Bonchev–Trinajstić information content (AvgIpc) is 3.36. The Morgan fingerprint density at radius 3 is 2.11 bits per heavy atom. The van der Waals surface area contributed by atoms with Crippen molar-refractivity contribution in [2.45, 2.75) is 0 Å². The smallest absolute Gasteiger partial charge is 0.337 e. The van der Waals surface area contributed by atoms with Crippen LogP contribution in [-0.2, 0) is 16.5 Å². The third-order valence-electron chi connectivity index (χ3n) is 5.84. The number of methoxy groups -OCH3 is 2. The van der Waals surface area contributed by atoms with E-state index in [-0.39, 0.29) is 27.9 Å². The van der Waals surface area contributed by atoms with Gasteiger partial charge in [-0.25, -0.2) is 28.5 Å². The van der Waals surface area contributed by atoms with Gasteiger partial charge in [-0.2, -0.15) is 5.10 Å². The Morgan fingerprint density at radius 2 is 1.53 bits per heavy atom. The maximum absolute atomic E-state index is 13.7. The van der Waals surface area contributed by atoms with E-state index >= 15 is 0 Å². The molecule has 10 nitrogen and oxygen atoms in total. The molecule has 0 atom stereocenters. The highest BCUT2D eigenvalue weighted by Gasteiger charge is 2.41. The summed E-state index contributed by atoms with van der Waals surface area (Å²) in [6, 6.07) is 9.34. The second-order valence-corrected chi connectivity index (χ2v) is 7.92. The number of imide groups is 1. The number of pyridine rings is 1. The summed E-state index contributed by atoms with van der Waals surface area (Å²) < 4.78 is 24.5. The number of ether oxygens (including phenoxy) is 2. The van der Waals surface area contributed by atoms with Crippen LogP contribution in [0.2, 0.25) is 0 Å².